The normalized spacial score (nSPS) is 15.1. The van der Waals surface area contributed by atoms with Crippen LogP contribution in [0.15, 0.2) is 36.4 Å². The Kier molecular flexibility index (Phi) is 5.76. The van der Waals surface area contributed by atoms with Crippen LogP contribution in [0.1, 0.15) is 37.7 Å². The van der Waals surface area contributed by atoms with E-state index in [9.17, 15) is 9.59 Å². The maximum absolute atomic E-state index is 12.4. The van der Waals surface area contributed by atoms with Crippen molar-refractivity contribution in [3.05, 3.63) is 42.0 Å². The van der Waals surface area contributed by atoms with Crippen molar-refractivity contribution in [2.24, 2.45) is 0 Å². The number of amides is 2. The van der Waals surface area contributed by atoms with Crippen LogP contribution in [0.2, 0.25) is 0 Å². The molecule has 5 nitrogen and oxygen atoms in total. The van der Waals surface area contributed by atoms with Crippen LogP contribution in [0.3, 0.4) is 0 Å². The first-order valence-electron chi connectivity index (χ1n) is 9.21. The number of nitrogens with zero attached hydrogens (tertiary/aromatic N) is 1. The number of fused-ring (bicyclic) bond motifs is 1. The molecule has 1 aliphatic rings. The van der Waals surface area contributed by atoms with E-state index < -0.39 is 0 Å². The molecule has 5 heteroatoms. The summed E-state index contributed by atoms with van der Waals surface area (Å²) in [6.45, 7) is 3.99. The summed E-state index contributed by atoms with van der Waals surface area (Å²) in [4.78, 5) is 26.3. The molecule has 1 fully saturated rings. The Labute approximate surface area is 154 Å². The second-order valence-corrected chi connectivity index (χ2v) is 6.82. The fourth-order valence-electron chi connectivity index (χ4n) is 3.36. The van der Waals surface area contributed by atoms with Gasteiger partial charge in [-0.15, -0.1) is 0 Å². The number of rotatable bonds is 6. The molecule has 0 aromatic heterocycles. The zero-order valence-corrected chi connectivity index (χ0v) is 15.5. The van der Waals surface area contributed by atoms with E-state index in [2.05, 4.69) is 5.32 Å². The summed E-state index contributed by atoms with van der Waals surface area (Å²) in [5.74, 6) is 0.643. The molecular weight excluding hydrogens is 328 g/mol. The highest BCUT2D eigenvalue weighted by atomic mass is 16.5. The molecule has 1 atom stereocenters. The van der Waals surface area contributed by atoms with E-state index in [4.69, 9.17) is 4.74 Å². The third-order valence-corrected chi connectivity index (χ3v) is 5.06. The van der Waals surface area contributed by atoms with Crippen LogP contribution in [0.25, 0.3) is 10.8 Å². The van der Waals surface area contributed by atoms with Crippen LogP contribution in [0.4, 0.5) is 0 Å². The summed E-state index contributed by atoms with van der Waals surface area (Å²) in [5.41, 5.74) is 0.964. The summed E-state index contributed by atoms with van der Waals surface area (Å²) in [7, 11) is 1.65. The van der Waals surface area contributed by atoms with Gasteiger partial charge in [0.05, 0.1) is 13.0 Å². The fourth-order valence-corrected chi connectivity index (χ4v) is 3.36. The van der Waals surface area contributed by atoms with Crippen molar-refractivity contribution in [1.82, 2.24) is 10.2 Å². The van der Waals surface area contributed by atoms with Crippen molar-refractivity contribution in [3.63, 3.8) is 0 Å². The Balaban J connectivity index is 1.57. The molecule has 2 aromatic rings. The minimum Gasteiger partial charge on any atom is -0.497 e. The predicted octanol–water partition coefficient (Wildman–Crippen LogP) is 3.08. The van der Waals surface area contributed by atoms with Gasteiger partial charge >= 0.3 is 0 Å². The average Bonchev–Trinajstić information content (AvgIpc) is 3.21. The standard InChI is InChI=1S/C21H26N2O3/c1-15(21(25)22-10-9-20(24)23-11-3-4-12-23)16-5-6-18-14-19(26-2)8-7-17(18)13-16/h5-8,13-15H,3-4,9-12H2,1-2H3,(H,22,25)/t15-/m1/s1. The number of methoxy groups -OCH3 is 1. The maximum atomic E-state index is 12.4. The Morgan fingerprint density at radius 1 is 1.12 bits per heavy atom. The van der Waals surface area contributed by atoms with Gasteiger partial charge in [0, 0.05) is 26.1 Å². The predicted molar refractivity (Wildman–Crippen MR) is 102 cm³/mol. The van der Waals surface area contributed by atoms with Crippen LogP contribution in [-0.2, 0) is 9.59 Å². The van der Waals surface area contributed by atoms with Gasteiger partial charge in [-0.05, 0) is 48.2 Å². The molecule has 26 heavy (non-hydrogen) atoms. The van der Waals surface area contributed by atoms with Gasteiger partial charge in [0.15, 0.2) is 0 Å². The summed E-state index contributed by atoms with van der Waals surface area (Å²) in [6, 6.07) is 11.9. The van der Waals surface area contributed by atoms with E-state index in [0.29, 0.717) is 13.0 Å². The molecular formula is C21H26N2O3. The van der Waals surface area contributed by atoms with Gasteiger partial charge in [0.25, 0.3) is 0 Å². The maximum Gasteiger partial charge on any atom is 0.227 e. The second-order valence-electron chi connectivity index (χ2n) is 6.82. The van der Waals surface area contributed by atoms with E-state index >= 15 is 0 Å². The molecule has 2 amide bonds. The number of likely N-dealkylation sites (tertiary alicyclic amines) is 1. The lowest BCUT2D eigenvalue weighted by atomic mass is 9.97. The zero-order valence-electron chi connectivity index (χ0n) is 15.5. The zero-order chi connectivity index (χ0) is 18.5. The molecule has 1 aliphatic heterocycles. The van der Waals surface area contributed by atoms with E-state index in [1.54, 1.807) is 7.11 Å². The third kappa shape index (κ3) is 4.15. The molecule has 1 saturated heterocycles. The number of benzene rings is 2. The van der Waals surface area contributed by atoms with Crippen molar-refractivity contribution in [3.8, 4) is 5.75 Å². The van der Waals surface area contributed by atoms with Crippen molar-refractivity contribution in [2.45, 2.75) is 32.1 Å². The van der Waals surface area contributed by atoms with Crippen molar-refractivity contribution in [2.75, 3.05) is 26.7 Å². The third-order valence-electron chi connectivity index (χ3n) is 5.06. The first-order chi connectivity index (χ1) is 12.6. The van der Waals surface area contributed by atoms with Gasteiger partial charge in [-0.3, -0.25) is 9.59 Å². The molecule has 1 N–H and O–H groups in total. The first kappa shape index (κ1) is 18.2. The number of carbonyl (C=O) groups excluding carboxylic acids is 2. The number of nitrogens with one attached hydrogen (secondary N) is 1. The molecule has 0 saturated carbocycles. The van der Waals surface area contributed by atoms with Gasteiger partial charge in [-0.25, -0.2) is 0 Å². The molecule has 0 spiro atoms. The molecule has 2 aromatic carbocycles. The minimum atomic E-state index is -0.261. The van der Waals surface area contributed by atoms with Gasteiger partial charge in [-0.2, -0.15) is 0 Å². The Hall–Kier alpha value is -2.56. The molecule has 1 heterocycles. The summed E-state index contributed by atoms with van der Waals surface area (Å²) >= 11 is 0. The second kappa shape index (κ2) is 8.21. The Morgan fingerprint density at radius 2 is 1.81 bits per heavy atom. The summed E-state index contributed by atoms with van der Waals surface area (Å²) < 4.78 is 5.24. The molecule has 0 aliphatic carbocycles. The highest BCUT2D eigenvalue weighted by Crippen LogP contribution is 2.25. The number of carbonyl (C=O) groups is 2. The van der Waals surface area contributed by atoms with E-state index in [1.165, 1.54) is 0 Å². The van der Waals surface area contributed by atoms with Crippen LogP contribution in [0, 0.1) is 0 Å². The molecule has 138 valence electrons. The van der Waals surface area contributed by atoms with Crippen molar-refractivity contribution in [1.29, 1.82) is 0 Å². The molecule has 0 bridgehead atoms. The SMILES string of the molecule is COc1ccc2cc([C@@H](C)C(=O)NCCC(=O)N3CCCC3)ccc2c1. The van der Waals surface area contributed by atoms with Crippen LogP contribution in [-0.4, -0.2) is 43.5 Å². The monoisotopic (exact) mass is 354 g/mol. The first-order valence-corrected chi connectivity index (χ1v) is 9.21. The number of ether oxygens (including phenoxy) is 1. The minimum absolute atomic E-state index is 0.0490. The highest BCUT2D eigenvalue weighted by molar-refractivity contribution is 5.88. The largest absolute Gasteiger partial charge is 0.497 e. The topological polar surface area (TPSA) is 58.6 Å². The smallest absolute Gasteiger partial charge is 0.227 e. The van der Waals surface area contributed by atoms with E-state index in [-0.39, 0.29) is 17.7 Å². The van der Waals surface area contributed by atoms with Crippen LogP contribution >= 0.6 is 0 Å². The number of hydrogen-bond acceptors (Lipinski definition) is 3. The molecule has 0 radical (unpaired) electrons. The highest BCUT2D eigenvalue weighted by Gasteiger charge is 2.19. The lowest BCUT2D eigenvalue weighted by Gasteiger charge is -2.16. The summed E-state index contributed by atoms with van der Waals surface area (Å²) in [6.07, 6.45) is 2.54. The number of hydrogen-bond donors (Lipinski definition) is 1. The fraction of sp³-hybridized carbons (Fsp3) is 0.429. The van der Waals surface area contributed by atoms with Gasteiger partial charge in [-0.1, -0.05) is 24.3 Å². The average molecular weight is 354 g/mol. The van der Waals surface area contributed by atoms with Crippen LogP contribution < -0.4 is 10.1 Å². The molecule has 3 rings (SSSR count). The molecule has 0 unspecified atom stereocenters. The lowest BCUT2D eigenvalue weighted by molar-refractivity contribution is -0.130. The van der Waals surface area contributed by atoms with E-state index in [0.717, 1.165) is 48.0 Å². The van der Waals surface area contributed by atoms with Crippen LogP contribution in [0.5, 0.6) is 5.75 Å². The van der Waals surface area contributed by atoms with Crippen molar-refractivity contribution >= 4 is 22.6 Å². The van der Waals surface area contributed by atoms with Gasteiger partial charge < -0.3 is 15.0 Å². The Morgan fingerprint density at radius 3 is 2.54 bits per heavy atom. The van der Waals surface area contributed by atoms with Gasteiger partial charge in [0.1, 0.15) is 5.75 Å². The van der Waals surface area contributed by atoms with Gasteiger partial charge in [0.2, 0.25) is 11.8 Å². The Bertz CT molecular complexity index is 797. The quantitative estimate of drug-likeness (QED) is 0.867. The van der Waals surface area contributed by atoms with E-state index in [1.807, 2.05) is 48.2 Å². The van der Waals surface area contributed by atoms with Crippen molar-refractivity contribution < 1.29 is 14.3 Å². The lowest BCUT2D eigenvalue weighted by Crippen LogP contribution is -2.34. The summed E-state index contributed by atoms with van der Waals surface area (Å²) in [5, 5.41) is 5.05.